The van der Waals surface area contributed by atoms with Crippen LogP contribution in [0.4, 0.5) is 31.1 Å². The third kappa shape index (κ3) is 9.27. The van der Waals surface area contributed by atoms with E-state index in [4.69, 9.17) is 4.74 Å². The Labute approximate surface area is 228 Å². The molecule has 1 N–H and O–H groups in total. The molecule has 0 spiro atoms. The number of rotatable bonds is 8. The van der Waals surface area contributed by atoms with Crippen molar-refractivity contribution in [1.29, 1.82) is 0 Å². The highest BCUT2D eigenvalue weighted by Crippen LogP contribution is 2.36. The number of piperidine rings is 2. The molecule has 224 valence electrons. The maximum Gasteiger partial charge on any atom is 0.416 e. The molecular formula is C26H34F6N4O4. The minimum Gasteiger partial charge on any atom is -0.450 e. The maximum absolute atomic E-state index is 13.4. The average molecular weight is 581 g/mol. The molecule has 0 aliphatic carbocycles. The first-order chi connectivity index (χ1) is 18.8. The fourth-order valence-corrected chi connectivity index (χ4v) is 4.87. The highest BCUT2D eigenvalue weighted by molar-refractivity contribution is 5.81. The zero-order valence-electron chi connectivity index (χ0n) is 22.2. The van der Waals surface area contributed by atoms with E-state index >= 15 is 0 Å². The molecule has 2 saturated heterocycles. The predicted molar refractivity (Wildman–Crippen MR) is 132 cm³/mol. The Kier molecular flexibility index (Phi) is 10.7. The summed E-state index contributed by atoms with van der Waals surface area (Å²) in [6.07, 6.45) is -7.05. The maximum atomic E-state index is 13.4. The van der Waals surface area contributed by atoms with E-state index in [0.29, 0.717) is 51.2 Å². The van der Waals surface area contributed by atoms with Crippen LogP contribution in [0.1, 0.15) is 55.7 Å². The number of hydrogen-bond acceptors (Lipinski definition) is 5. The molecule has 0 radical (unpaired) electrons. The molecule has 8 nitrogen and oxygen atoms in total. The molecule has 2 aliphatic heterocycles. The number of ether oxygens (including phenoxy) is 1. The smallest absolute Gasteiger partial charge is 0.416 e. The molecule has 40 heavy (non-hydrogen) atoms. The summed E-state index contributed by atoms with van der Waals surface area (Å²) in [6.45, 7) is 2.41. The number of amides is 3. The summed E-state index contributed by atoms with van der Waals surface area (Å²) < 4.78 is 85.2. The zero-order valence-corrected chi connectivity index (χ0v) is 22.2. The van der Waals surface area contributed by atoms with Gasteiger partial charge >= 0.3 is 18.4 Å². The molecule has 2 fully saturated rings. The van der Waals surface area contributed by atoms with Gasteiger partial charge in [0.15, 0.2) is 0 Å². The van der Waals surface area contributed by atoms with E-state index in [2.05, 4.69) is 5.32 Å². The van der Waals surface area contributed by atoms with Gasteiger partial charge in [-0.05, 0) is 62.8 Å². The molecule has 1 aromatic rings. The van der Waals surface area contributed by atoms with Crippen LogP contribution >= 0.6 is 0 Å². The van der Waals surface area contributed by atoms with E-state index in [1.165, 1.54) is 9.80 Å². The van der Waals surface area contributed by atoms with Crippen molar-refractivity contribution in [2.75, 3.05) is 45.9 Å². The van der Waals surface area contributed by atoms with Gasteiger partial charge in [-0.25, -0.2) is 4.79 Å². The third-order valence-electron chi connectivity index (χ3n) is 6.87. The van der Waals surface area contributed by atoms with Crippen molar-refractivity contribution in [2.45, 2.75) is 64.0 Å². The van der Waals surface area contributed by atoms with Gasteiger partial charge in [0.25, 0.3) is 0 Å². The van der Waals surface area contributed by atoms with Crippen LogP contribution < -0.4 is 5.32 Å². The topological polar surface area (TPSA) is 82.2 Å². The summed E-state index contributed by atoms with van der Waals surface area (Å²) in [6, 6.07) is 0.971. The van der Waals surface area contributed by atoms with Crippen LogP contribution in [0.5, 0.6) is 0 Å². The number of alkyl halides is 6. The van der Waals surface area contributed by atoms with Gasteiger partial charge in [0.2, 0.25) is 11.8 Å². The second kappa shape index (κ2) is 13.6. The number of likely N-dealkylation sites (tertiary alicyclic amines) is 2. The number of halogens is 6. The fourth-order valence-electron chi connectivity index (χ4n) is 4.87. The quantitative estimate of drug-likeness (QED) is 0.465. The van der Waals surface area contributed by atoms with Crippen LogP contribution in [0.3, 0.4) is 0 Å². The SMILES string of the molecule is CCOC(=O)N1CCC(NC(=O)CN(CC(=O)N2CCCCC2)Cc2cc(C(F)(F)F)cc(C(F)(F)F)c2)CC1. The summed E-state index contributed by atoms with van der Waals surface area (Å²) in [5.74, 6) is -0.873. The summed E-state index contributed by atoms with van der Waals surface area (Å²) in [7, 11) is 0. The average Bonchev–Trinajstić information content (AvgIpc) is 2.88. The zero-order chi connectivity index (χ0) is 29.5. The number of carbonyl (C=O) groups excluding carboxylic acids is 3. The van der Waals surface area contributed by atoms with Crippen LogP contribution in [-0.4, -0.2) is 84.5 Å². The first kappa shape index (κ1) is 31.5. The van der Waals surface area contributed by atoms with Crippen molar-refractivity contribution in [2.24, 2.45) is 0 Å². The van der Waals surface area contributed by atoms with E-state index < -0.39 is 48.6 Å². The van der Waals surface area contributed by atoms with E-state index in [9.17, 15) is 40.7 Å². The number of nitrogens with zero attached hydrogens (tertiary/aromatic N) is 3. The molecular weight excluding hydrogens is 546 g/mol. The Balaban J connectivity index is 1.73. The van der Waals surface area contributed by atoms with Crippen LogP contribution in [0.25, 0.3) is 0 Å². The van der Waals surface area contributed by atoms with Crippen LogP contribution in [0.2, 0.25) is 0 Å². The van der Waals surface area contributed by atoms with E-state index in [-0.39, 0.29) is 36.7 Å². The fraction of sp³-hybridized carbons (Fsp3) is 0.654. The van der Waals surface area contributed by atoms with E-state index in [0.717, 1.165) is 19.3 Å². The Morgan fingerprint density at radius 1 is 0.875 bits per heavy atom. The predicted octanol–water partition coefficient (Wildman–Crippen LogP) is 4.28. The van der Waals surface area contributed by atoms with Gasteiger partial charge in [0.1, 0.15) is 0 Å². The Hall–Kier alpha value is -3.03. The van der Waals surface area contributed by atoms with Crippen molar-refractivity contribution in [3.05, 3.63) is 34.9 Å². The molecule has 14 heteroatoms. The lowest BCUT2D eigenvalue weighted by Gasteiger charge is -2.32. The molecule has 1 aromatic carbocycles. The van der Waals surface area contributed by atoms with Crippen molar-refractivity contribution < 1.29 is 45.5 Å². The lowest BCUT2D eigenvalue weighted by Crippen LogP contribution is -2.50. The number of hydrogen-bond donors (Lipinski definition) is 1. The highest BCUT2D eigenvalue weighted by Gasteiger charge is 2.37. The molecule has 0 bridgehead atoms. The minimum absolute atomic E-state index is 0.0437. The summed E-state index contributed by atoms with van der Waals surface area (Å²) in [5, 5.41) is 2.81. The summed E-state index contributed by atoms with van der Waals surface area (Å²) in [5.41, 5.74) is -3.24. The Morgan fingerprint density at radius 2 is 1.45 bits per heavy atom. The number of carbonyl (C=O) groups is 3. The van der Waals surface area contributed by atoms with Crippen molar-refractivity contribution in [3.8, 4) is 0 Å². The van der Waals surface area contributed by atoms with Gasteiger partial charge in [-0.3, -0.25) is 14.5 Å². The number of nitrogens with one attached hydrogen (secondary N) is 1. The molecule has 2 aliphatic rings. The van der Waals surface area contributed by atoms with Gasteiger partial charge in [-0.15, -0.1) is 0 Å². The second-order valence-electron chi connectivity index (χ2n) is 10.0. The monoisotopic (exact) mass is 580 g/mol. The lowest BCUT2D eigenvalue weighted by molar-refractivity contribution is -0.143. The highest BCUT2D eigenvalue weighted by atomic mass is 19.4. The van der Waals surface area contributed by atoms with E-state index in [1.54, 1.807) is 11.8 Å². The first-order valence-corrected chi connectivity index (χ1v) is 13.3. The molecule has 0 atom stereocenters. The molecule has 3 rings (SSSR count). The Bertz CT molecular complexity index is 1000. The molecule has 0 unspecified atom stereocenters. The summed E-state index contributed by atoms with van der Waals surface area (Å²) in [4.78, 5) is 42.1. The van der Waals surface area contributed by atoms with Crippen LogP contribution in [0.15, 0.2) is 18.2 Å². The van der Waals surface area contributed by atoms with Crippen molar-refractivity contribution >= 4 is 17.9 Å². The van der Waals surface area contributed by atoms with Crippen molar-refractivity contribution in [1.82, 2.24) is 20.0 Å². The summed E-state index contributed by atoms with van der Waals surface area (Å²) >= 11 is 0. The second-order valence-corrected chi connectivity index (χ2v) is 10.0. The standard InChI is InChI=1S/C26H34F6N4O4/c1-2-40-24(39)36-10-6-21(7-11-36)33-22(37)16-34(17-23(38)35-8-4-3-5-9-35)15-18-12-19(25(27,28)29)14-20(13-18)26(30,31)32/h12-14,21H,2-11,15-17H2,1H3,(H,33,37). The Morgan fingerprint density at radius 3 is 1.98 bits per heavy atom. The largest absolute Gasteiger partial charge is 0.450 e. The van der Waals surface area contributed by atoms with Crippen molar-refractivity contribution in [3.63, 3.8) is 0 Å². The van der Waals surface area contributed by atoms with Gasteiger partial charge in [-0.2, -0.15) is 26.3 Å². The molecule has 3 amide bonds. The minimum atomic E-state index is -5.01. The van der Waals surface area contributed by atoms with E-state index in [1.807, 2.05) is 0 Å². The van der Waals surface area contributed by atoms with Crippen LogP contribution in [-0.2, 0) is 33.2 Å². The lowest BCUT2D eigenvalue weighted by atomic mass is 10.0. The van der Waals surface area contributed by atoms with Gasteiger partial charge < -0.3 is 19.9 Å². The van der Waals surface area contributed by atoms with Gasteiger partial charge in [0.05, 0.1) is 30.8 Å². The molecule has 0 aromatic heterocycles. The van der Waals surface area contributed by atoms with Gasteiger partial charge in [-0.1, -0.05) is 0 Å². The van der Waals surface area contributed by atoms with Gasteiger partial charge in [0, 0.05) is 38.8 Å². The van der Waals surface area contributed by atoms with Crippen LogP contribution in [0, 0.1) is 0 Å². The first-order valence-electron chi connectivity index (χ1n) is 13.3. The third-order valence-corrected chi connectivity index (χ3v) is 6.87. The molecule has 0 saturated carbocycles. The number of benzene rings is 1. The molecule has 2 heterocycles. The normalized spacial score (nSPS) is 17.2.